The summed E-state index contributed by atoms with van der Waals surface area (Å²) in [5.41, 5.74) is 1.55. The molecule has 2 aromatic heterocycles. The number of hydrogen-bond acceptors (Lipinski definition) is 4. The molecule has 94 valence electrons. The highest BCUT2D eigenvalue weighted by molar-refractivity contribution is 5.98. The first-order chi connectivity index (χ1) is 8.48. The Kier molecular flexibility index (Phi) is 2.27. The molecular weight excluding hydrogens is 228 g/mol. The molecule has 1 aliphatic rings. The van der Waals surface area contributed by atoms with Crippen molar-refractivity contribution in [3.63, 3.8) is 0 Å². The first-order valence-electron chi connectivity index (χ1n) is 6.27. The second-order valence-electron chi connectivity index (χ2n) is 5.67. The van der Waals surface area contributed by atoms with Gasteiger partial charge in [0.05, 0.1) is 11.3 Å². The Morgan fingerprint density at radius 2 is 2.11 bits per heavy atom. The van der Waals surface area contributed by atoms with Crippen LogP contribution in [-0.2, 0) is 12.8 Å². The van der Waals surface area contributed by atoms with E-state index in [0.29, 0.717) is 17.8 Å². The van der Waals surface area contributed by atoms with E-state index in [-0.39, 0.29) is 11.2 Å². The summed E-state index contributed by atoms with van der Waals surface area (Å²) in [6.07, 6.45) is 3.94. The van der Waals surface area contributed by atoms with E-state index in [1.807, 2.05) is 6.92 Å². The van der Waals surface area contributed by atoms with Crippen LogP contribution in [0.1, 0.15) is 49.1 Å². The number of carbonyl (C=O) groups is 1. The van der Waals surface area contributed by atoms with Crippen molar-refractivity contribution in [1.29, 1.82) is 0 Å². The molecule has 0 saturated heterocycles. The third-order valence-corrected chi connectivity index (χ3v) is 3.36. The van der Waals surface area contributed by atoms with Gasteiger partial charge in [-0.3, -0.25) is 4.79 Å². The number of Topliss-reactive ketones (excluding diaryl/α,β-unsaturated/α-hetero) is 1. The van der Waals surface area contributed by atoms with Gasteiger partial charge in [-0.1, -0.05) is 20.8 Å². The van der Waals surface area contributed by atoms with E-state index in [1.165, 1.54) is 0 Å². The van der Waals surface area contributed by atoms with Crippen LogP contribution in [-0.4, -0.2) is 25.4 Å². The van der Waals surface area contributed by atoms with Crippen LogP contribution >= 0.6 is 0 Å². The summed E-state index contributed by atoms with van der Waals surface area (Å²) in [5, 5.41) is 4.30. The van der Waals surface area contributed by atoms with Gasteiger partial charge in [-0.25, -0.2) is 9.50 Å². The summed E-state index contributed by atoms with van der Waals surface area (Å²) in [4.78, 5) is 21.0. The van der Waals surface area contributed by atoms with Crippen LogP contribution in [0.5, 0.6) is 0 Å². The highest BCUT2D eigenvalue weighted by atomic mass is 16.1. The molecule has 0 atom stereocenters. The lowest BCUT2D eigenvalue weighted by Crippen LogP contribution is -2.28. The van der Waals surface area contributed by atoms with E-state index in [1.54, 1.807) is 10.7 Å². The average Bonchev–Trinajstić information content (AvgIpc) is 2.67. The summed E-state index contributed by atoms with van der Waals surface area (Å²) in [5.74, 6) is 1.51. The van der Waals surface area contributed by atoms with Crippen LogP contribution < -0.4 is 0 Å². The molecule has 18 heavy (non-hydrogen) atoms. The monoisotopic (exact) mass is 244 g/mol. The van der Waals surface area contributed by atoms with Crippen LogP contribution in [0.25, 0.3) is 5.78 Å². The van der Waals surface area contributed by atoms with Gasteiger partial charge in [0.2, 0.25) is 0 Å². The lowest BCUT2D eigenvalue weighted by molar-refractivity contribution is 0.0909. The summed E-state index contributed by atoms with van der Waals surface area (Å²) in [6, 6.07) is 0. The van der Waals surface area contributed by atoms with Gasteiger partial charge in [-0.2, -0.15) is 4.98 Å². The van der Waals surface area contributed by atoms with E-state index < -0.39 is 0 Å². The van der Waals surface area contributed by atoms with E-state index in [0.717, 1.165) is 24.4 Å². The summed E-state index contributed by atoms with van der Waals surface area (Å²) in [7, 11) is 0. The molecule has 0 unspecified atom stereocenters. The lowest BCUT2D eigenvalue weighted by Gasteiger charge is -2.28. The molecule has 0 radical (unpaired) electrons. The van der Waals surface area contributed by atoms with Gasteiger partial charge in [0, 0.05) is 19.0 Å². The van der Waals surface area contributed by atoms with Gasteiger partial charge in [0.15, 0.2) is 11.6 Å². The number of hydrogen-bond donors (Lipinski definition) is 0. The molecule has 0 amide bonds. The fourth-order valence-electron chi connectivity index (χ4n) is 2.46. The minimum absolute atomic E-state index is 0.0109. The Morgan fingerprint density at radius 1 is 1.33 bits per heavy atom. The lowest BCUT2D eigenvalue weighted by atomic mass is 9.76. The zero-order chi connectivity index (χ0) is 12.9. The largest absolute Gasteiger partial charge is 0.294 e. The normalized spacial score (nSPS) is 18.1. The molecule has 3 rings (SSSR count). The Labute approximate surface area is 105 Å². The van der Waals surface area contributed by atoms with Gasteiger partial charge in [0.25, 0.3) is 5.78 Å². The Bertz CT molecular complexity index is 642. The Morgan fingerprint density at radius 3 is 2.83 bits per heavy atom. The molecule has 0 aromatic carbocycles. The van der Waals surface area contributed by atoms with Crippen LogP contribution in [0.3, 0.4) is 0 Å². The van der Waals surface area contributed by atoms with Gasteiger partial charge >= 0.3 is 0 Å². The molecule has 0 fully saturated rings. The summed E-state index contributed by atoms with van der Waals surface area (Å²) >= 11 is 0. The van der Waals surface area contributed by atoms with Crippen molar-refractivity contribution in [3.05, 3.63) is 23.3 Å². The van der Waals surface area contributed by atoms with Crippen molar-refractivity contribution in [3.8, 4) is 0 Å². The number of aryl methyl sites for hydroxylation is 1. The molecule has 0 N–H and O–H groups in total. The maximum atomic E-state index is 12.1. The first kappa shape index (κ1) is 11.3. The van der Waals surface area contributed by atoms with Crippen molar-refractivity contribution in [2.24, 2.45) is 5.41 Å². The third kappa shape index (κ3) is 1.70. The maximum Gasteiger partial charge on any atom is 0.252 e. The number of nitrogens with zero attached hydrogens (tertiary/aromatic N) is 4. The molecule has 0 bridgehead atoms. The fraction of sp³-hybridized carbons (Fsp3) is 0.538. The molecule has 5 heteroatoms. The second kappa shape index (κ2) is 3.60. The molecule has 0 saturated carbocycles. The molecule has 0 aliphatic heterocycles. The van der Waals surface area contributed by atoms with Crippen molar-refractivity contribution in [1.82, 2.24) is 19.6 Å². The van der Waals surface area contributed by atoms with E-state index in [9.17, 15) is 4.79 Å². The Hall–Kier alpha value is -1.78. The second-order valence-corrected chi connectivity index (χ2v) is 5.67. The zero-order valence-electron chi connectivity index (χ0n) is 10.9. The van der Waals surface area contributed by atoms with E-state index >= 15 is 0 Å². The molecule has 2 aromatic rings. The SMILES string of the molecule is CCc1nc2nc3c(cn2n1)C(=O)CC(C)(C)C3. The van der Waals surface area contributed by atoms with Crippen LogP contribution in [0.2, 0.25) is 0 Å². The fourth-order valence-corrected chi connectivity index (χ4v) is 2.46. The third-order valence-electron chi connectivity index (χ3n) is 3.36. The van der Waals surface area contributed by atoms with Gasteiger partial charge in [-0.15, -0.1) is 5.10 Å². The van der Waals surface area contributed by atoms with Crippen LogP contribution in [0.4, 0.5) is 0 Å². The van der Waals surface area contributed by atoms with Gasteiger partial charge < -0.3 is 0 Å². The standard InChI is InChI=1S/C13H16N4O/c1-4-11-15-12-14-9-5-13(2,3)6-10(18)8(9)7-17(12)16-11/h7H,4-6H2,1-3H3. The first-order valence-corrected chi connectivity index (χ1v) is 6.27. The smallest absolute Gasteiger partial charge is 0.252 e. The number of aromatic nitrogens is 4. The van der Waals surface area contributed by atoms with Crippen molar-refractivity contribution >= 4 is 11.6 Å². The van der Waals surface area contributed by atoms with Crippen LogP contribution in [0, 0.1) is 5.41 Å². The van der Waals surface area contributed by atoms with E-state index in [4.69, 9.17) is 0 Å². The van der Waals surface area contributed by atoms with Crippen molar-refractivity contribution in [2.75, 3.05) is 0 Å². The molecular formula is C13H16N4O. The Balaban J connectivity index is 2.19. The number of fused-ring (bicyclic) bond motifs is 2. The minimum atomic E-state index is -0.0109. The highest BCUT2D eigenvalue weighted by Gasteiger charge is 2.32. The quantitative estimate of drug-likeness (QED) is 0.768. The topological polar surface area (TPSA) is 60.1 Å². The van der Waals surface area contributed by atoms with Gasteiger partial charge in [-0.05, 0) is 11.8 Å². The van der Waals surface area contributed by atoms with Gasteiger partial charge in [0.1, 0.15) is 0 Å². The zero-order valence-corrected chi connectivity index (χ0v) is 10.9. The number of rotatable bonds is 1. The predicted molar refractivity (Wildman–Crippen MR) is 66.6 cm³/mol. The molecule has 5 nitrogen and oxygen atoms in total. The van der Waals surface area contributed by atoms with Crippen molar-refractivity contribution < 1.29 is 4.79 Å². The van der Waals surface area contributed by atoms with Crippen molar-refractivity contribution in [2.45, 2.75) is 40.0 Å². The highest BCUT2D eigenvalue weighted by Crippen LogP contribution is 2.33. The predicted octanol–water partition coefficient (Wildman–Crippen LogP) is 1.84. The molecule has 1 aliphatic carbocycles. The molecule has 2 heterocycles. The average molecular weight is 244 g/mol. The molecule has 0 spiro atoms. The maximum absolute atomic E-state index is 12.1. The number of carbonyl (C=O) groups excluding carboxylic acids is 1. The van der Waals surface area contributed by atoms with E-state index in [2.05, 4.69) is 28.9 Å². The summed E-state index contributed by atoms with van der Waals surface area (Å²) < 4.78 is 1.62. The van der Waals surface area contributed by atoms with Crippen LogP contribution in [0.15, 0.2) is 6.20 Å². The minimum Gasteiger partial charge on any atom is -0.294 e. The summed E-state index contributed by atoms with van der Waals surface area (Å²) in [6.45, 7) is 6.20. The number of ketones is 1.